The molecular formula is C24H41NO3. The highest BCUT2D eigenvalue weighted by molar-refractivity contribution is 5.55. The smallest absolute Gasteiger partial charge is 0.314 e. The molecule has 0 unspecified atom stereocenters. The van der Waals surface area contributed by atoms with Gasteiger partial charge in [-0.3, -0.25) is 10.1 Å². The lowest BCUT2D eigenvalue weighted by molar-refractivity contribution is -0.386. The van der Waals surface area contributed by atoms with Crippen molar-refractivity contribution < 1.29 is 10.0 Å². The van der Waals surface area contributed by atoms with Crippen molar-refractivity contribution in [3.63, 3.8) is 0 Å². The summed E-state index contributed by atoms with van der Waals surface area (Å²) < 4.78 is 0. The van der Waals surface area contributed by atoms with Crippen molar-refractivity contribution in [3.05, 3.63) is 33.4 Å². The molecule has 0 radical (unpaired) electrons. The first-order valence-corrected chi connectivity index (χ1v) is 11.6. The van der Waals surface area contributed by atoms with Crippen molar-refractivity contribution in [2.24, 2.45) is 0 Å². The van der Waals surface area contributed by atoms with E-state index in [1.165, 1.54) is 76.7 Å². The second-order valence-corrected chi connectivity index (χ2v) is 8.07. The van der Waals surface area contributed by atoms with Crippen molar-refractivity contribution in [2.45, 2.75) is 117 Å². The second-order valence-electron chi connectivity index (χ2n) is 8.07. The summed E-state index contributed by atoms with van der Waals surface area (Å²) in [7, 11) is 0. The standard InChI is InChI=1S/C24H41NO3/c1-3-5-7-9-11-13-15-17-21-19-20-23(26)24(25(27)28)22(21)18-16-14-12-10-8-6-4-2/h19-20,26H,3-18H2,1-2H3. The van der Waals surface area contributed by atoms with Gasteiger partial charge >= 0.3 is 5.69 Å². The van der Waals surface area contributed by atoms with E-state index in [2.05, 4.69) is 13.8 Å². The van der Waals surface area contributed by atoms with Gasteiger partial charge in [0.05, 0.1) is 4.92 Å². The van der Waals surface area contributed by atoms with Crippen LogP contribution in [0.5, 0.6) is 5.75 Å². The molecule has 28 heavy (non-hydrogen) atoms. The van der Waals surface area contributed by atoms with Crippen LogP contribution in [0.25, 0.3) is 0 Å². The Morgan fingerprint density at radius 1 is 0.750 bits per heavy atom. The molecule has 0 aromatic heterocycles. The number of hydrogen-bond acceptors (Lipinski definition) is 3. The Bertz CT molecular complexity index is 557. The Morgan fingerprint density at radius 2 is 1.21 bits per heavy atom. The van der Waals surface area contributed by atoms with Crippen molar-refractivity contribution in [2.75, 3.05) is 0 Å². The van der Waals surface area contributed by atoms with Crippen molar-refractivity contribution in [1.29, 1.82) is 0 Å². The van der Waals surface area contributed by atoms with Gasteiger partial charge in [0.2, 0.25) is 0 Å². The number of aromatic hydroxyl groups is 1. The SMILES string of the molecule is CCCCCCCCCc1ccc(O)c([N+](=O)[O-])c1CCCCCCCCC. The maximum Gasteiger partial charge on any atom is 0.314 e. The molecule has 0 spiro atoms. The molecule has 1 rings (SSSR count). The van der Waals surface area contributed by atoms with Crippen LogP contribution in [0.3, 0.4) is 0 Å². The molecule has 0 aliphatic carbocycles. The van der Waals surface area contributed by atoms with Crippen LogP contribution in [0.15, 0.2) is 12.1 Å². The summed E-state index contributed by atoms with van der Waals surface area (Å²) in [4.78, 5) is 11.1. The van der Waals surface area contributed by atoms with Crippen LogP contribution in [-0.4, -0.2) is 10.0 Å². The fourth-order valence-corrected chi connectivity index (χ4v) is 3.91. The zero-order chi connectivity index (χ0) is 20.6. The van der Waals surface area contributed by atoms with E-state index in [4.69, 9.17) is 0 Å². The molecule has 160 valence electrons. The van der Waals surface area contributed by atoms with Crippen LogP contribution < -0.4 is 0 Å². The fourth-order valence-electron chi connectivity index (χ4n) is 3.91. The van der Waals surface area contributed by atoms with Crippen molar-refractivity contribution in [1.82, 2.24) is 0 Å². The van der Waals surface area contributed by atoms with E-state index in [0.29, 0.717) is 6.42 Å². The van der Waals surface area contributed by atoms with E-state index in [1.807, 2.05) is 6.07 Å². The molecule has 0 amide bonds. The quantitative estimate of drug-likeness (QED) is 0.167. The molecule has 0 aliphatic heterocycles. The lowest BCUT2D eigenvalue weighted by Crippen LogP contribution is -2.02. The zero-order valence-corrected chi connectivity index (χ0v) is 18.2. The van der Waals surface area contributed by atoms with E-state index in [0.717, 1.165) is 36.8 Å². The van der Waals surface area contributed by atoms with Gasteiger partial charge in [-0.15, -0.1) is 0 Å². The molecule has 1 aromatic rings. The van der Waals surface area contributed by atoms with Crippen molar-refractivity contribution >= 4 is 5.69 Å². The maximum atomic E-state index is 11.5. The van der Waals surface area contributed by atoms with Crippen LogP contribution in [0.2, 0.25) is 0 Å². The third-order valence-corrected chi connectivity index (χ3v) is 5.62. The summed E-state index contributed by atoms with van der Waals surface area (Å²) >= 11 is 0. The topological polar surface area (TPSA) is 63.4 Å². The van der Waals surface area contributed by atoms with Crippen LogP contribution >= 0.6 is 0 Å². The number of rotatable bonds is 17. The minimum absolute atomic E-state index is 0.0635. The minimum Gasteiger partial charge on any atom is -0.502 e. The van der Waals surface area contributed by atoms with Gasteiger partial charge in [0.1, 0.15) is 0 Å². The lowest BCUT2D eigenvalue weighted by Gasteiger charge is -2.12. The van der Waals surface area contributed by atoms with Crippen molar-refractivity contribution in [3.8, 4) is 5.75 Å². The number of aryl methyl sites for hydroxylation is 1. The molecule has 0 saturated heterocycles. The molecule has 0 saturated carbocycles. The number of hydrogen-bond donors (Lipinski definition) is 1. The average Bonchev–Trinajstić information content (AvgIpc) is 2.67. The Morgan fingerprint density at radius 3 is 1.71 bits per heavy atom. The number of nitro benzene ring substituents is 1. The van der Waals surface area contributed by atoms with Crippen LogP contribution in [0.4, 0.5) is 5.69 Å². The first kappa shape index (κ1) is 24.5. The third-order valence-electron chi connectivity index (χ3n) is 5.62. The molecular weight excluding hydrogens is 350 g/mol. The Hall–Kier alpha value is -1.58. The summed E-state index contributed by atoms with van der Waals surface area (Å²) in [6, 6.07) is 3.40. The van der Waals surface area contributed by atoms with Gasteiger partial charge in [0.25, 0.3) is 0 Å². The molecule has 0 bridgehead atoms. The minimum atomic E-state index is -0.403. The number of phenolic OH excluding ortho intramolecular Hbond substituents is 1. The average molecular weight is 392 g/mol. The van der Waals surface area contributed by atoms with E-state index >= 15 is 0 Å². The number of phenols is 1. The highest BCUT2D eigenvalue weighted by atomic mass is 16.6. The lowest BCUT2D eigenvalue weighted by atomic mass is 9.94. The van der Waals surface area contributed by atoms with E-state index in [-0.39, 0.29) is 11.4 Å². The zero-order valence-electron chi connectivity index (χ0n) is 18.2. The normalized spacial score (nSPS) is 11.1. The highest BCUT2D eigenvalue weighted by Gasteiger charge is 2.22. The van der Waals surface area contributed by atoms with E-state index in [1.54, 1.807) is 0 Å². The molecule has 0 aliphatic rings. The first-order valence-electron chi connectivity index (χ1n) is 11.6. The molecule has 4 heteroatoms. The predicted molar refractivity (Wildman–Crippen MR) is 118 cm³/mol. The summed E-state index contributed by atoms with van der Waals surface area (Å²) in [6.07, 6.45) is 18.6. The molecule has 0 heterocycles. The summed E-state index contributed by atoms with van der Waals surface area (Å²) in [5.41, 5.74) is 1.76. The second kappa shape index (κ2) is 15.4. The number of nitro groups is 1. The summed E-state index contributed by atoms with van der Waals surface area (Å²) in [5.74, 6) is -0.189. The van der Waals surface area contributed by atoms with Crippen LogP contribution in [0, 0.1) is 10.1 Å². The number of benzene rings is 1. The molecule has 4 nitrogen and oxygen atoms in total. The van der Waals surface area contributed by atoms with E-state index < -0.39 is 4.92 Å². The molecule has 0 atom stereocenters. The van der Waals surface area contributed by atoms with Gasteiger partial charge < -0.3 is 5.11 Å². The largest absolute Gasteiger partial charge is 0.502 e. The van der Waals surface area contributed by atoms with E-state index in [9.17, 15) is 15.2 Å². The van der Waals surface area contributed by atoms with Gasteiger partial charge in [-0.1, -0.05) is 97.0 Å². The van der Waals surface area contributed by atoms with Gasteiger partial charge in [-0.05, 0) is 37.3 Å². The predicted octanol–water partition coefficient (Wildman–Crippen LogP) is 7.89. The number of nitrogens with zero attached hydrogens (tertiary/aromatic N) is 1. The van der Waals surface area contributed by atoms with Crippen LogP contribution in [0.1, 0.15) is 115 Å². The first-order chi connectivity index (χ1) is 13.6. The molecule has 1 N–H and O–H groups in total. The van der Waals surface area contributed by atoms with Gasteiger partial charge in [-0.25, -0.2) is 0 Å². The van der Waals surface area contributed by atoms with Gasteiger partial charge in [0, 0.05) is 5.56 Å². The maximum absolute atomic E-state index is 11.5. The third kappa shape index (κ3) is 9.57. The summed E-state index contributed by atoms with van der Waals surface area (Å²) in [5, 5.41) is 21.6. The molecule has 0 fully saturated rings. The highest BCUT2D eigenvalue weighted by Crippen LogP contribution is 2.34. The molecule has 1 aromatic carbocycles. The fraction of sp³-hybridized carbons (Fsp3) is 0.750. The monoisotopic (exact) mass is 391 g/mol. The Labute approximate surface area is 171 Å². The Kier molecular flexibility index (Phi) is 13.4. The van der Waals surface area contributed by atoms with Gasteiger partial charge in [-0.2, -0.15) is 0 Å². The summed E-state index contributed by atoms with van der Waals surface area (Å²) in [6.45, 7) is 4.44. The van der Waals surface area contributed by atoms with Crippen LogP contribution in [-0.2, 0) is 12.8 Å². The number of unbranched alkanes of at least 4 members (excludes halogenated alkanes) is 12. The van der Waals surface area contributed by atoms with Gasteiger partial charge in [0.15, 0.2) is 5.75 Å². The Balaban J connectivity index is 2.57.